The van der Waals surface area contributed by atoms with Gasteiger partial charge in [0.15, 0.2) is 0 Å². The molecular formula is C16H23BrN2O. The van der Waals surface area contributed by atoms with E-state index >= 15 is 0 Å². The summed E-state index contributed by atoms with van der Waals surface area (Å²) in [5.41, 5.74) is 1.13. The van der Waals surface area contributed by atoms with Crippen LogP contribution in [0.5, 0.6) is 0 Å². The third-order valence-electron chi connectivity index (χ3n) is 3.93. The van der Waals surface area contributed by atoms with Gasteiger partial charge in [-0.05, 0) is 56.8 Å². The van der Waals surface area contributed by atoms with Crippen LogP contribution >= 0.6 is 15.9 Å². The van der Waals surface area contributed by atoms with Crippen LogP contribution in [-0.4, -0.2) is 19.0 Å². The summed E-state index contributed by atoms with van der Waals surface area (Å²) in [6.45, 7) is 4.22. The largest absolute Gasteiger partial charge is 0.350 e. The molecule has 0 bridgehead atoms. The van der Waals surface area contributed by atoms with Gasteiger partial charge in [-0.15, -0.1) is 0 Å². The molecule has 2 atom stereocenters. The Hall–Kier alpha value is -0.870. The lowest BCUT2D eigenvalue weighted by molar-refractivity contribution is -0.122. The number of carbonyl (C=O) groups excluding carboxylic acids is 1. The predicted octanol–water partition coefficient (Wildman–Crippen LogP) is 3.41. The second kappa shape index (κ2) is 7.79. The van der Waals surface area contributed by atoms with Crippen LogP contribution < -0.4 is 10.6 Å². The topological polar surface area (TPSA) is 41.1 Å². The number of nitrogens with one attached hydrogen (secondary N) is 2. The van der Waals surface area contributed by atoms with Crippen LogP contribution in [0.2, 0.25) is 0 Å². The Kier molecular flexibility index (Phi) is 6.05. The Labute approximate surface area is 129 Å². The Bertz CT molecular complexity index is 444. The average molecular weight is 339 g/mol. The lowest BCUT2D eigenvalue weighted by Gasteiger charge is -2.23. The van der Waals surface area contributed by atoms with Crippen molar-refractivity contribution in [2.45, 2.75) is 38.6 Å². The molecule has 20 heavy (non-hydrogen) atoms. The van der Waals surface area contributed by atoms with Crippen LogP contribution in [-0.2, 0) is 4.79 Å². The van der Waals surface area contributed by atoms with Crippen molar-refractivity contribution >= 4 is 21.8 Å². The van der Waals surface area contributed by atoms with Crippen LogP contribution in [0.4, 0.5) is 0 Å². The molecule has 1 heterocycles. The quantitative estimate of drug-likeness (QED) is 0.863. The molecule has 0 saturated carbocycles. The van der Waals surface area contributed by atoms with Gasteiger partial charge in [0.2, 0.25) is 5.91 Å². The fourth-order valence-electron chi connectivity index (χ4n) is 2.72. The van der Waals surface area contributed by atoms with Crippen molar-refractivity contribution < 1.29 is 4.79 Å². The van der Waals surface area contributed by atoms with Gasteiger partial charge in [-0.25, -0.2) is 0 Å². The van der Waals surface area contributed by atoms with Crippen LogP contribution in [0, 0.1) is 5.92 Å². The summed E-state index contributed by atoms with van der Waals surface area (Å²) in [6.07, 6.45) is 4.10. The third-order valence-corrected chi connectivity index (χ3v) is 4.65. The number of amides is 1. The zero-order valence-corrected chi connectivity index (χ0v) is 13.6. The smallest absolute Gasteiger partial charge is 0.220 e. The average Bonchev–Trinajstić information content (AvgIpc) is 2.46. The van der Waals surface area contributed by atoms with E-state index in [-0.39, 0.29) is 11.9 Å². The van der Waals surface area contributed by atoms with Gasteiger partial charge in [-0.2, -0.15) is 0 Å². The second-order valence-electron chi connectivity index (χ2n) is 5.56. The van der Waals surface area contributed by atoms with E-state index in [2.05, 4.69) is 26.6 Å². The second-order valence-corrected chi connectivity index (χ2v) is 6.42. The van der Waals surface area contributed by atoms with E-state index < -0.39 is 0 Å². The van der Waals surface area contributed by atoms with Gasteiger partial charge in [0.1, 0.15) is 0 Å². The zero-order chi connectivity index (χ0) is 14.4. The monoisotopic (exact) mass is 338 g/mol. The Morgan fingerprint density at radius 2 is 2.30 bits per heavy atom. The molecule has 0 aromatic heterocycles. The van der Waals surface area contributed by atoms with Crippen molar-refractivity contribution in [1.29, 1.82) is 0 Å². The summed E-state index contributed by atoms with van der Waals surface area (Å²) in [4.78, 5) is 12.0. The first-order valence-corrected chi connectivity index (χ1v) is 8.20. The number of benzene rings is 1. The highest BCUT2D eigenvalue weighted by molar-refractivity contribution is 9.10. The summed E-state index contributed by atoms with van der Waals surface area (Å²) in [5.74, 6) is 0.812. The third kappa shape index (κ3) is 4.60. The van der Waals surface area contributed by atoms with Gasteiger partial charge >= 0.3 is 0 Å². The molecule has 1 fully saturated rings. The van der Waals surface area contributed by atoms with Crippen LogP contribution in [0.3, 0.4) is 0 Å². The van der Waals surface area contributed by atoms with E-state index in [1.54, 1.807) is 0 Å². The Morgan fingerprint density at radius 1 is 1.50 bits per heavy atom. The molecule has 0 aliphatic carbocycles. The molecule has 2 unspecified atom stereocenters. The van der Waals surface area contributed by atoms with Crippen LogP contribution in [0.1, 0.15) is 44.2 Å². The summed E-state index contributed by atoms with van der Waals surface area (Å²) in [5, 5.41) is 6.48. The molecule has 1 aliphatic heterocycles. The highest BCUT2D eigenvalue weighted by Gasteiger charge is 2.16. The highest BCUT2D eigenvalue weighted by Crippen LogP contribution is 2.23. The first-order chi connectivity index (χ1) is 9.66. The number of rotatable bonds is 5. The van der Waals surface area contributed by atoms with Gasteiger partial charge in [-0.1, -0.05) is 34.1 Å². The summed E-state index contributed by atoms with van der Waals surface area (Å²) in [6, 6.07) is 8.07. The molecule has 1 saturated heterocycles. The SMILES string of the molecule is CC(NC(=O)CCC1CCCNC1)c1ccccc1Br. The molecule has 4 heteroatoms. The summed E-state index contributed by atoms with van der Waals surface area (Å²) < 4.78 is 1.05. The summed E-state index contributed by atoms with van der Waals surface area (Å²) in [7, 11) is 0. The lowest BCUT2D eigenvalue weighted by atomic mass is 9.94. The molecular weight excluding hydrogens is 316 g/mol. The van der Waals surface area contributed by atoms with E-state index in [4.69, 9.17) is 0 Å². The first-order valence-electron chi connectivity index (χ1n) is 7.41. The van der Waals surface area contributed by atoms with Crippen molar-refractivity contribution in [2.24, 2.45) is 5.92 Å². The molecule has 1 aromatic rings. The molecule has 110 valence electrons. The molecule has 1 aliphatic rings. The van der Waals surface area contributed by atoms with Gasteiger partial charge in [0.25, 0.3) is 0 Å². The van der Waals surface area contributed by atoms with E-state index in [1.165, 1.54) is 12.8 Å². The maximum absolute atomic E-state index is 12.0. The van der Waals surface area contributed by atoms with E-state index in [9.17, 15) is 4.79 Å². The molecule has 0 radical (unpaired) electrons. The predicted molar refractivity (Wildman–Crippen MR) is 85.5 cm³/mol. The maximum Gasteiger partial charge on any atom is 0.220 e. The van der Waals surface area contributed by atoms with Crippen molar-refractivity contribution in [3.05, 3.63) is 34.3 Å². The fourth-order valence-corrected chi connectivity index (χ4v) is 3.35. The van der Waals surface area contributed by atoms with Crippen molar-refractivity contribution in [1.82, 2.24) is 10.6 Å². The maximum atomic E-state index is 12.0. The van der Waals surface area contributed by atoms with Gasteiger partial charge in [0.05, 0.1) is 6.04 Å². The number of halogens is 1. The van der Waals surface area contributed by atoms with E-state index in [0.29, 0.717) is 12.3 Å². The van der Waals surface area contributed by atoms with Crippen molar-refractivity contribution in [3.63, 3.8) is 0 Å². The molecule has 1 aromatic carbocycles. The normalized spacial score (nSPS) is 20.4. The van der Waals surface area contributed by atoms with Gasteiger partial charge in [0, 0.05) is 10.9 Å². The molecule has 0 spiro atoms. The first kappa shape index (κ1) is 15.5. The Balaban J connectivity index is 1.77. The number of hydrogen-bond donors (Lipinski definition) is 2. The van der Waals surface area contributed by atoms with Crippen LogP contribution in [0.15, 0.2) is 28.7 Å². The zero-order valence-electron chi connectivity index (χ0n) is 12.0. The number of carbonyl (C=O) groups is 1. The highest BCUT2D eigenvalue weighted by atomic mass is 79.9. The van der Waals surface area contributed by atoms with E-state index in [1.807, 2.05) is 31.2 Å². The number of hydrogen-bond acceptors (Lipinski definition) is 2. The van der Waals surface area contributed by atoms with Gasteiger partial charge < -0.3 is 10.6 Å². The summed E-state index contributed by atoms with van der Waals surface area (Å²) >= 11 is 3.53. The minimum atomic E-state index is 0.0440. The minimum absolute atomic E-state index is 0.0440. The number of piperidine rings is 1. The fraction of sp³-hybridized carbons (Fsp3) is 0.562. The van der Waals surface area contributed by atoms with Gasteiger partial charge in [-0.3, -0.25) is 4.79 Å². The Morgan fingerprint density at radius 3 is 3.00 bits per heavy atom. The van der Waals surface area contributed by atoms with E-state index in [0.717, 1.165) is 29.5 Å². The molecule has 2 rings (SSSR count). The molecule has 1 amide bonds. The standard InChI is InChI=1S/C16H23BrN2O/c1-12(14-6-2-3-7-15(14)17)19-16(20)9-8-13-5-4-10-18-11-13/h2-3,6-7,12-13,18H,4-5,8-11H2,1H3,(H,19,20). The van der Waals surface area contributed by atoms with Crippen molar-refractivity contribution in [3.8, 4) is 0 Å². The van der Waals surface area contributed by atoms with Crippen molar-refractivity contribution in [2.75, 3.05) is 13.1 Å². The minimum Gasteiger partial charge on any atom is -0.350 e. The van der Waals surface area contributed by atoms with Crippen LogP contribution in [0.25, 0.3) is 0 Å². The lowest BCUT2D eigenvalue weighted by Crippen LogP contribution is -2.32. The molecule has 3 nitrogen and oxygen atoms in total. The molecule has 2 N–H and O–H groups in total.